The Morgan fingerprint density at radius 2 is 1.74 bits per heavy atom. The van der Waals surface area contributed by atoms with Gasteiger partial charge in [0, 0.05) is 11.3 Å². The molecule has 0 bridgehead atoms. The topological polar surface area (TPSA) is 40.5 Å². The predicted octanol–water partition coefficient (Wildman–Crippen LogP) is 5.34. The largest absolute Gasteiger partial charge is 0.508 e. The van der Waals surface area contributed by atoms with E-state index in [9.17, 15) is 9.90 Å². The van der Waals surface area contributed by atoms with E-state index in [-0.39, 0.29) is 5.91 Å². The van der Waals surface area contributed by atoms with Gasteiger partial charge < -0.3 is 10.0 Å². The van der Waals surface area contributed by atoms with Crippen molar-refractivity contribution in [3.63, 3.8) is 0 Å². The molecule has 0 spiro atoms. The second-order valence-electron chi connectivity index (χ2n) is 6.98. The van der Waals surface area contributed by atoms with E-state index >= 15 is 0 Å². The summed E-state index contributed by atoms with van der Waals surface area (Å²) in [4.78, 5) is 14.7. The molecule has 0 saturated heterocycles. The highest BCUT2D eigenvalue weighted by Crippen LogP contribution is 2.31. The lowest BCUT2D eigenvalue weighted by Crippen LogP contribution is -2.22. The van der Waals surface area contributed by atoms with Gasteiger partial charge >= 0.3 is 0 Å². The van der Waals surface area contributed by atoms with Crippen molar-refractivity contribution in [2.24, 2.45) is 0 Å². The van der Waals surface area contributed by atoms with Crippen LogP contribution in [0.25, 0.3) is 12.2 Å². The molecule has 134 valence electrons. The van der Waals surface area contributed by atoms with Gasteiger partial charge in [0.05, 0.1) is 6.54 Å². The van der Waals surface area contributed by atoms with Crippen LogP contribution in [0, 0.1) is 13.8 Å². The number of phenols is 1. The molecule has 1 N–H and O–H groups in total. The van der Waals surface area contributed by atoms with Crippen molar-refractivity contribution in [2.45, 2.75) is 20.4 Å². The first-order chi connectivity index (χ1) is 13.0. The van der Waals surface area contributed by atoms with Gasteiger partial charge in [0.25, 0.3) is 5.91 Å². The van der Waals surface area contributed by atoms with Crippen molar-refractivity contribution < 1.29 is 9.90 Å². The van der Waals surface area contributed by atoms with Crippen LogP contribution in [-0.2, 0) is 6.54 Å². The van der Waals surface area contributed by atoms with Crippen molar-refractivity contribution in [1.82, 2.24) is 0 Å². The summed E-state index contributed by atoms with van der Waals surface area (Å²) in [6.45, 7) is 4.50. The molecule has 0 radical (unpaired) electrons. The fraction of sp³-hybridized carbons (Fsp3) is 0.125. The zero-order valence-electron chi connectivity index (χ0n) is 15.4. The summed E-state index contributed by atoms with van der Waals surface area (Å²) in [5, 5.41) is 9.67. The van der Waals surface area contributed by atoms with E-state index in [1.165, 1.54) is 5.56 Å². The first-order valence-corrected chi connectivity index (χ1v) is 9.01. The van der Waals surface area contributed by atoms with Gasteiger partial charge in [-0.2, -0.15) is 0 Å². The van der Waals surface area contributed by atoms with Gasteiger partial charge in [-0.05, 0) is 66.4 Å². The number of nitrogens with zero attached hydrogens (tertiary/aromatic N) is 1. The van der Waals surface area contributed by atoms with E-state index in [1.807, 2.05) is 85.5 Å². The molecule has 1 heterocycles. The van der Waals surface area contributed by atoms with Gasteiger partial charge in [0.15, 0.2) is 0 Å². The van der Waals surface area contributed by atoms with Crippen molar-refractivity contribution in [3.8, 4) is 5.75 Å². The van der Waals surface area contributed by atoms with Crippen LogP contribution < -0.4 is 4.90 Å². The highest BCUT2D eigenvalue weighted by molar-refractivity contribution is 6.10. The fourth-order valence-electron chi connectivity index (χ4n) is 3.41. The SMILES string of the molecule is Cc1ccc(N2Cc3c(/C=C/c4ccc(O)c(C)c4)cccc3C2=O)cc1. The first kappa shape index (κ1) is 17.1. The molecule has 0 aromatic heterocycles. The van der Waals surface area contributed by atoms with Crippen molar-refractivity contribution in [2.75, 3.05) is 4.90 Å². The number of aromatic hydroxyl groups is 1. The number of anilines is 1. The average molecular weight is 355 g/mol. The van der Waals surface area contributed by atoms with Crippen LogP contribution in [0.3, 0.4) is 0 Å². The zero-order valence-corrected chi connectivity index (χ0v) is 15.4. The Bertz CT molecular complexity index is 1050. The van der Waals surface area contributed by atoms with Gasteiger partial charge in [-0.3, -0.25) is 4.79 Å². The van der Waals surface area contributed by atoms with E-state index in [0.717, 1.165) is 33.5 Å². The van der Waals surface area contributed by atoms with Crippen molar-refractivity contribution >= 4 is 23.7 Å². The summed E-state index contributed by atoms with van der Waals surface area (Å²) in [6, 6.07) is 19.4. The van der Waals surface area contributed by atoms with Crippen LogP contribution in [0.1, 0.15) is 38.2 Å². The summed E-state index contributed by atoms with van der Waals surface area (Å²) in [5.74, 6) is 0.344. The van der Waals surface area contributed by atoms with Crippen LogP contribution in [0.4, 0.5) is 5.69 Å². The fourth-order valence-corrected chi connectivity index (χ4v) is 3.41. The molecule has 0 aliphatic carbocycles. The minimum absolute atomic E-state index is 0.0459. The molecule has 27 heavy (non-hydrogen) atoms. The second kappa shape index (κ2) is 6.76. The van der Waals surface area contributed by atoms with Crippen LogP contribution in [0.5, 0.6) is 5.75 Å². The van der Waals surface area contributed by atoms with E-state index in [1.54, 1.807) is 6.07 Å². The monoisotopic (exact) mass is 355 g/mol. The predicted molar refractivity (Wildman–Crippen MR) is 110 cm³/mol. The van der Waals surface area contributed by atoms with Gasteiger partial charge in [-0.1, -0.05) is 48.0 Å². The molecule has 4 rings (SSSR count). The minimum atomic E-state index is 0.0459. The van der Waals surface area contributed by atoms with Crippen LogP contribution in [-0.4, -0.2) is 11.0 Å². The Hall–Kier alpha value is -3.33. The molecule has 3 heteroatoms. The lowest BCUT2D eigenvalue weighted by Gasteiger charge is -2.15. The highest BCUT2D eigenvalue weighted by atomic mass is 16.3. The van der Waals surface area contributed by atoms with Crippen molar-refractivity contribution in [1.29, 1.82) is 0 Å². The number of benzene rings is 3. The maximum absolute atomic E-state index is 12.9. The third kappa shape index (κ3) is 3.24. The van der Waals surface area contributed by atoms with E-state index < -0.39 is 0 Å². The summed E-state index contributed by atoms with van der Waals surface area (Å²) < 4.78 is 0. The first-order valence-electron chi connectivity index (χ1n) is 9.01. The van der Waals surface area contributed by atoms with E-state index in [0.29, 0.717) is 12.3 Å². The number of hydrogen-bond donors (Lipinski definition) is 1. The molecular formula is C24H21NO2. The van der Waals surface area contributed by atoms with Crippen LogP contribution in [0.15, 0.2) is 60.7 Å². The molecule has 0 unspecified atom stereocenters. The molecule has 0 fully saturated rings. The molecular weight excluding hydrogens is 334 g/mol. The van der Waals surface area contributed by atoms with Crippen LogP contribution >= 0.6 is 0 Å². The summed E-state index contributed by atoms with van der Waals surface area (Å²) in [5.41, 5.74) is 6.82. The lowest BCUT2D eigenvalue weighted by molar-refractivity contribution is 0.0996. The Morgan fingerprint density at radius 3 is 2.48 bits per heavy atom. The molecule has 1 aliphatic heterocycles. The summed E-state index contributed by atoms with van der Waals surface area (Å²) in [6.07, 6.45) is 4.05. The lowest BCUT2D eigenvalue weighted by atomic mass is 10.0. The molecule has 3 nitrogen and oxygen atoms in total. The Morgan fingerprint density at radius 1 is 0.963 bits per heavy atom. The Labute approximate surface area is 159 Å². The Kier molecular flexibility index (Phi) is 4.28. The minimum Gasteiger partial charge on any atom is -0.508 e. The maximum Gasteiger partial charge on any atom is 0.258 e. The number of carbonyl (C=O) groups is 1. The molecule has 0 saturated carbocycles. The molecule has 3 aromatic carbocycles. The average Bonchev–Trinajstić information content (AvgIpc) is 3.01. The normalized spacial score (nSPS) is 13.4. The standard InChI is InChI=1S/C24H21NO2/c1-16-6-11-20(12-7-16)25-15-22-19(4-3-5-21(22)24(25)27)10-8-18-9-13-23(26)17(2)14-18/h3-14,26H,15H2,1-2H3/b10-8+. The highest BCUT2D eigenvalue weighted by Gasteiger charge is 2.29. The summed E-state index contributed by atoms with van der Waals surface area (Å²) >= 11 is 0. The Balaban J connectivity index is 1.65. The smallest absolute Gasteiger partial charge is 0.258 e. The van der Waals surface area contributed by atoms with Gasteiger partial charge in [0.1, 0.15) is 5.75 Å². The van der Waals surface area contributed by atoms with Gasteiger partial charge in [0.2, 0.25) is 0 Å². The third-order valence-corrected chi connectivity index (χ3v) is 5.03. The number of hydrogen-bond acceptors (Lipinski definition) is 2. The second-order valence-corrected chi connectivity index (χ2v) is 6.98. The van der Waals surface area contributed by atoms with Crippen molar-refractivity contribution in [3.05, 3.63) is 94.0 Å². The number of aryl methyl sites for hydroxylation is 2. The molecule has 3 aromatic rings. The van der Waals surface area contributed by atoms with E-state index in [2.05, 4.69) is 0 Å². The quantitative estimate of drug-likeness (QED) is 0.644. The maximum atomic E-state index is 12.9. The zero-order chi connectivity index (χ0) is 19.0. The number of phenolic OH excluding ortho intramolecular Hbond substituents is 1. The van der Waals surface area contributed by atoms with Gasteiger partial charge in [-0.25, -0.2) is 0 Å². The third-order valence-electron chi connectivity index (χ3n) is 5.03. The number of fused-ring (bicyclic) bond motifs is 1. The number of amides is 1. The summed E-state index contributed by atoms with van der Waals surface area (Å²) in [7, 11) is 0. The molecule has 0 atom stereocenters. The number of rotatable bonds is 3. The molecule has 1 aliphatic rings. The van der Waals surface area contributed by atoms with Gasteiger partial charge in [-0.15, -0.1) is 0 Å². The molecule has 1 amide bonds. The number of carbonyl (C=O) groups excluding carboxylic acids is 1. The van der Waals surface area contributed by atoms with E-state index in [4.69, 9.17) is 0 Å². The van der Waals surface area contributed by atoms with Crippen LogP contribution in [0.2, 0.25) is 0 Å².